The molecular weight excluding hydrogens is 533 g/mol. The van der Waals surface area contributed by atoms with Gasteiger partial charge < -0.3 is 16.0 Å². The van der Waals surface area contributed by atoms with Crippen molar-refractivity contribution in [3.63, 3.8) is 0 Å². The Morgan fingerprint density at radius 2 is 1.45 bits per heavy atom. The Morgan fingerprint density at radius 3 is 1.65 bits per heavy atom. The molecule has 184 valence electrons. The van der Waals surface area contributed by atoms with Crippen molar-refractivity contribution in [1.82, 2.24) is 14.9 Å². The van der Waals surface area contributed by atoms with Crippen molar-refractivity contribution < 1.29 is 75.0 Å². The number of hydrogen-bond donors (Lipinski definition) is 2. The first kappa shape index (κ1) is 42.5. The first-order valence-electron chi connectivity index (χ1n) is 10.1. The van der Waals surface area contributed by atoms with E-state index in [0.29, 0.717) is 12.6 Å². The van der Waals surface area contributed by atoms with Crippen molar-refractivity contribution >= 4 is 29.8 Å². The fraction of sp³-hybridized carbons (Fsp3) is 0.842. The molecule has 2 heterocycles. The Labute approximate surface area is 246 Å². The molecule has 0 aromatic heterocycles. The van der Waals surface area contributed by atoms with E-state index >= 15 is 0 Å². The van der Waals surface area contributed by atoms with Gasteiger partial charge in [0.2, 0.25) is 19.1 Å². The maximum absolute atomic E-state index is 11.1. The van der Waals surface area contributed by atoms with Gasteiger partial charge in [0.05, 0.1) is 12.5 Å². The van der Waals surface area contributed by atoms with E-state index in [-0.39, 0.29) is 64.2 Å². The van der Waals surface area contributed by atoms with E-state index in [9.17, 15) is 16.8 Å². The van der Waals surface area contributed by atoms with Gasteiger partial charge in [0, 0.05) is 36.4 Å². The van der Waals surface area contributed by atoms with Gasteiger partial charge in [-0.2, -0.15) is 4.31 Å². The van der Waals surface area contributed by atoms with E-state index in [1.807, 2.05) is 34.6 Å². The molecule has 0 aromatic rings. The van der Waals surface area contributed by atoms with Crippen LogP contribution in [0.4, 0.5) is 0 Å². The van der Waals surface area contributed by atoms with Crippen LogP contribution in [-0.2, 0) is 19.1 Å². The van der Waals surface area contributed by atoms with Crippen molar-refractivity contribution in [3.8, 4) is 0 Å². The SMILES string of the molecule is C=C=C.CC.CC.CS(=O)(=O)Cl.C[C@@H]1CNCCN1S(C)(=O)=O.C[C@@H]1C[N-]CCN1.[Rb+]. The van der Waals surface area contributed by atoms with Crippen LogP contribution in [0.15, 0.2) is 18.9 Å². The first-order valence-corrected chi connectivity index (χ1v) is 14.6. The van der Waals surface area contributed by atoms with Gasteiger partial charge in [-0.15, -0.1) is 18.8 Å². The standard InChI is InChI=1S/C6H14N2O2S.C5H11N2.C3H4.2C2H6.CH3ClO2S.Rb/c1-6-5-7-3-4-8(6)11(2,9)10;1-5-4-6-2-3-7-5;1-3-2;2*1-2;1-5(2,3)4;/h6-7H,3-5H2,1-2H3;5,7H,2-4H2,1H3;1-2H2;2*1-2H3;1H3;/q;-1;;;;;+1/t6-;5-;;;;;/m11...../s1. The summed E-state index contributed by atoms with van der Waals surface area (Å²) in [5.74, 6) is 0. The number of nitrogens with one attached hydrogen (secondary N) is 2. The molecule has 2 atom stereocenters. The quantitative estimate of drug-likeness (QED) is 0.330. The average molecular weight is 578 g/mol. The summed E-state index contributed by atoms with van der Waals surface area (Å²) in [5.41, 5.74) is 2.25. The smallest absolute Gasteiger partial charge is 0.660 e. The minimum atomic E-state index is -3.19. The van der Waals surface area contributed by atoms with Gasteiger partial charge in [-0.25, -0.2) is 16.8 Å². The zero-order valence-electron chi connectivity index (χ0n) is 21.0. The predicted octanol–water partition coefficient (Wildman–Crippen LogP) is -0.210. The maximum atomic E-state index is 11.1. The summed E-state index contributed by atoms with van der Waals surface area (Å²) in [6.45, 7) is 23.5. The summed E-state index contributed by atoms with van der Waals surface area (Å²) in [7, 11) is -1.67. The number of rotatable bonds is 1. The topological polar surface area (TPSA) is 110 Å². The van der Waals surface area contributed by atoms with Crippen LogP contribution >= 0.6 is 10.7 Å². The van der Waals surface area contributed by atoms with E-state index in [0.717, 1.165) is 39.0 Å². The minimum Gasteiger partial charge on any atom is -0.660 e. The van der Waals surface area contributed by atoms with Gasteiger partial charge in [0.25, 0.3) is 0 Å². The molecule has 0 radical (unpaired) electrons. The number of piperazine rings is 2. The third-order valence-electron chi connectivity index (χ3n) is 3.03. The monoisotopic (exact) mass is 576 g/mol. The Hall–Kier alpha value is 1.36. The summed E-state index contributed by atoms with van der Waals surface area (Å²) < 4.78 is 42.5. The predicted molar refractivity (Wildman–Crippen MR) is 133 cm³/mol. The third kappa shape index (κ3) is 38.9. The fourth-order valence-corrected chi connectivity index (χ4v) is 3.21. The zero-order valence-corrected chi connectivity index (χ0v) is 28.3. The van der Waals surface area contributed by atoms with Gasteiger partial charge in [0.15, 0.2) is 0 Å². The molecule has 0 bridgehead atoms. The summed E-state index contributed by atoms with van der Waals surface area (Å²) in [5, 5.41) is 10.6. The third-order valence-corrected chi connectivity index (χ3v) is 4.43. The van der Waals surface area contributed by atoms with E-state index in [2.05, 4.69) is 52.4 Å². The molecule has 2 saturated heterocycles. The normalized spacial score (nSPS) is 20.2. The summed E-state index contributed by atoms with van der Waals surface area (Å²) in [6, 6.07) is 0.715. The Bertz CT molecular complexity index is 600. The van der Waals surface area contributed by atoms with E-state index < -0.39 is 19.1 Å². The maximum Gasteiger partial charge on any atom is 1.00 e. The van der Waals surface area contributed by atoms with Crippen molar-refractivity contribution in [3.05, 3.63) is 24.2 Å². The molecule has 2 fully saturated rings. The zero-order chi connectivity index (χ0) is 24.8. The number of sulfonamides is 1. The Kier molecular flexibility index (Phi) is 37.8. The second-order valence-electron chi connectivity index (χ2n) is 5.84. The molecule has 2 rings (SSSR count). The summed E-state index contributed by atoms with van der Waals surface area (Å²) in [6.07, 6.45) is 2.18. The van der Waals surface area contributed by atoms with Gasteiger partial charge in [-0.1, -0.05) is 47.8 Å². The van der Waals surface area contributed by atoms with Crippen LogP contribution in [0.1, 0.15) is 41.5 Å². The van der Waals surface area contributed by atoms with Crippen LogP contribution in [0.25, 0.3) is 5.32 Å². The molecule has 0 amide bonds. The molecule has 2 N–H and O–H groups in total. The molecule has 31 heavy (non-hydrogen) atoms. The van der Waals surface area contributed by atoms with E-state index in [1.165, 1.54) is 10.6 Å². The molecule has 8 nitrogen and oxygen atoms in total. The molecule has 0 aliphatic carbocycles. The number of halogens is 1. The van der Waals surface area contributed by atoms with Crippen LogP contribution in [0.3, 0.4) is 0 Å². The molecule has 0 aromatic carbocycles. The molecule has 0 spiro atoms. The molecule has 2 aliphatic rings. The largest absolute Gasteiger partial charge is 1.00 e. The molecule has 0 unspecified atom stereocenters. The van der Waals surface area contributed by atoms with E-state index in [1.54, 1.807) is 0 Å². The van der Waals surface area contributed by atoms with Gasteiger partial charge >= 0.3 is 58.2 Å². The Morgan fingerprint density at radius 1 is 1.03 bits per heavy atom. The Balaban J connectivity index is -0.0000000984. The van der Waals surface area contributed by atoms with Crippen LogP contribution in [0, 0.1) is 0 Å². The van der Waals surface area contributed by atoms with Crippen LogP contribution in [0.2, 0.25) is 0 Å². The van der Waals surface area contributed by atoms with Crippen LogP contribution in [0.5, 0.6) is 0 Å². The van der Waals surface area contributed by atoms with Crippen molar-refractivity contribution in [1.29, 1.82) is 0 Å². The second-order valence-corrected chi connectivity index (χ2v) is 10.8. The molecular formula is C19H44ClN4O4RbS2. The van der Waals surface area contributed by atoms with Crippen molar-refractivity contribution in [2.45, 2.75) is 53.6 Å². The van der Waals surface area contributed by atoms with Crippen molar-refractivity contribution in [2.24, 2.45) is 0 Å². The van der Waals surface area contributed by atoms with Crippen LogP contribution in [-0.4, -0.2) is 85.0 Å². The van der Waals surface area contributed by atoms with Gasteiger partial charge in [-0.05, 0) is 19.5 Å². The molecule has 0 saturated carbocycles. The van der Waals surface area contributed by atoms with Gasteiger partial charge in [0.1, 0.15) is 0 Å². The van der Waals surface area contributed by atoms with Crippen molar-refractivity contribution in [2.75, 3.05) is 51.8 Å². The summed E-state index contributed by atoms with van der Waals surface area (Å²) >= 11 is 0. The average Bonchev–Trinajstić information content (AvgIpc) is 2.65. The minimum absolute atomic E-state index is 0. The van der Waals surface area contributed by atoms with Crippen LogP contribution < -0.4 is 68.8 Å². The molecule has 2 aliphatic heterocycles. The van der Waals surface area contributed by atoms with E-state index in [4.69, 9.17) is 0 Å². The number of hydrogen-bond acceptors (Lipinski definition) is 6. The molecule has 12 heteroatoms. The first-order chi connectivity index (χ1) is 13.8. The second kappa shape index (κ2) is 27.6. The van der Waals surface area contributed by atoms with Gasteiger partial charge in [-0.3, -0.25) is 0 Å². The summed E-state index contributed by atoms with van der Waals surface area (Å²) in [4.78, 5) is 0. The number of nitrogens with zero attached hydrogens (tertiary/aromatic N) is 2. The fourth-order valence-electron chi connectivity index (χ4n) is 2.05.